The Bertz CT molecular complexity index is 276. The quantitative estimate of drug-likeness (QED) is 0.757. The average molecular weight is 242 g/mol. The molecule has 0 aromatic rings. The van der Waals surface area contributed by atoms with Crippen LogP contribution in [0.15, 0.2) is 0 Å². The third kappa shape index (κ3) is 5.53. The van der Waals surface area contributed by atoms with Crippen molar-refractivity contribution in [1.29, 1.82) is 0 Å². The van der Waals surface area contributed by atoms with Gasteiger partial charge < -0.3 is 9.84 Å². The SMILES string of the molecule is CC1(C)C[C@@H](O)C[C@H](CC(=O)OC(C)(C)C)C1. The fourth-order valence-electron chi connectivity index (χ4n) is 2.83. The molecule has 0 aromatic heterocycles. The number of hydrogen-bond acceptors (Lipinski definition) is 3. The summed E-state index contributed by atoms with van der Waals surface area (Å²) in [7, 11) is 0. The van der Waals surface area contributed by atoms with Crippen LogP contribution >= 0.6 is 0 Å². The molecule has 0 aromatic carbocycles. The predicted octanol–water partition coefficient (Wildman–Crippen LogP) is 2.91. The van der Waals surface area contributed by atoms with Gasteiger partial charge >= 0.3 is 5.97 Å². The van der Waals surface area contributed by atoms with E-state index in [1.54, 1.807) is 0 Å². The van der Waals surface area contributed by atoms with Gasteiger partial charge in [-0.3, -0.25) is 4.79 Å². The second-order valence-electron chi connectivity index (χ2n) is 7.12. The second kappa shape index (κ2) is 4.97. The summed E-state index contributed by atoms with van der Waals surface area (Å²) in [4.78, 5) is 11.7. The number of aliphatic hydroxyl groups excluding tert-OH is 1. The largest absolute Gasteiger partial charge is 0.460 e. The molecule has 1 saturated carbocycles. The Kier molecular flexibility index (Phi) is 4.23. The molecule has 1 fully saturated rings. The van der Waals surface area contributed by atoms with Gasteiger partial charge in [0.2, 0.25) is 0 Å². The van der Waals surface area contributed by atoms with Gasteiger partial charge in [0.15, 0.2) is 0 Å². The van der Waals surface area contributed by atoms with Gasteiger partial charge in [0.25, 0.3) is 0 Å². The monoisotopic (exact) mass is 242 g/mol. The summed E-state index contributed by atoms with van der Waals surface area (Å²) in [6.45, 7) is 9.94. The molecule has 0 amide bonds. The third-order valence-corrected chi connectivity index (χ3v) is 3.11. The maximum Gasteiger partial charge on any atom is 0.306 e. The molecule has 17 heavy (non-hydrogen) atoms. The van der Waals surface area contributed by atoms with Crippen LogP contribution in [0.1, 0.15) is 60.3 Å². The van der Waals surface area contributed by atoms with Crippen LogP contribution in [0.5, 0.6) is 0 Å². The molecule has 2 atom stereocenters. The van der Waals surface area contributed by atoms with Gasteiger partial charge in [-0.05, 0) is 51.4 Å². The van der Waals surface area contributed by atoms with E-state index in [-0.39, 0.29) is 23.4 Å². The number of ether oxygens (including phenoxy) is 1. The summed E-state index contributed by atoms with van der Waals surface area (Å²) in [6, 6.07) is 0. The summed E-state index contributed by atoms with van der Waals surface area (Å²) < 4.78 is 5.32. The highest BCUT2D eigenvalue weighted by Crippen LogP contribution is 2.40. The van der Waals surface area contributed by atoms with E-state index in [2.05, 4.69) is 13.8 Å². The molecule has 0 radical (unpaired) electrons. The van der Waals surface area contributed by atoms with Crippen LogP contribution in [0.4, 0.5) is 0 Å². The van der Waals surface area contributed by atoms with Crippen molar-refractivity contribution in [2.45, 2.75) is 72.0 Å². The maximum absolute atomic E-state index is 11.7. The first-order valence-corrected chi connectivity index (χ1v) is 6.47. The number of aliphatic hydroxyl groups is 1. The summed E-state index contributed by atoms with van der Waals surface area (Å²) >= 11 is 0. The van der Waals surface area contributed by atoms with Crippen LogP contribution in [-0.2, 0) is 9.53 Å². The number of esters is 1. The molecule has 1 rings (SSSR count). The summed E-state index contributed by atoms with van der Waals surface area (Å²) in [5.74, 6) is 0.107. The van der Waals surface area contributed by atoms with Crippen molar-refractivity contribution in [2.24, 2.45) is 11.3 Å². The van der Waals surface area contributed by atoms with E-state index >= 15 is 0 Å². The summed E-state index contributed by atoms with van der Waals surface area (Å²) in [6.07, 6.45) is 2.70. The van der Waals surface area contributed by atoms with Gasteiger partial charge in [-0.15, -0.1) is 0 Å². The van der Waals surface area contributed by atoms with Crippen molar-refractivity contribution >= 4 is 5.97 Å². The Hall–Kier alpha value is -0.570. The van der Waals surface area contributed by atoms with Crippen molar-refractivity contribution < 1.29 is 14.6 Å². The lowest BCUT2D eigenvalue weighted by Crippen LogP contribution is -2.34. The van der Waals surface area contributed by atoms with E-state index in [0.29, 0.717) is 6.42 Å². The van der Waals surface area contributed by atoms with Crippen molar-refractivity contribution in [3.63, 3.8) is 0 Å². The predicted molar refractivity (Wildman–Crippen MR) is 67.6 cm³/mol. The topological polar surface area (TPSA) is 46.5 Å². The van der Waals surface area contributed by atoms with Crippen LogP contribution in [-0.4, -0.2) is 22.8 Å². The Morgan fingerprint density at radius 2 is 1.94 bits per heavy atom. The van der Waals surface area contributed by atoms with Crippen LogP contribution in [0, 0.1) is 11.3 Å². The lowest BCUT2D eigenvalue weighted by molar-refractivity contribution is -0.156. The molecule has 0 bridgehead atoms. The van der Waals surface area contributed by atoms with E-state index in [9.17, 15) is 9.90 Å². The average Bonchev–Trinajstić information content (AvgIpc) is 1.93. The van der Waals surface area contributed by atoms with E-state index in [0.717, 1.165) is 19.3 Å². The van der Waals surface area contributed by atoms with Gasteiger partial charge in [0, 0.05) is 6.42 Å². The van der Waals surface area contributed by atoms with E-state index in [1.165, 1.54) is 0 Å². The highest BCUT2D eigenvalue weighted by molar-refractivity contribution is 5.70. The molecule has 0 unspecified atom stereocenters. The van der Waals surface area contributed by atoms with Crippen molar-refractivity contribution in [3.05, 3.63) is 0 Å². The van der Waals surface area contributed by atoms with Gasteiger partial charge in [-0.1, -0.05) is 13.8 Å². The molecule has 0 spiro atoms. The van der Waals surface area contributed by atoms with Crippen molar-refractivity contribution in [3.8, 4) is 0 Å². The molecule has 1 N–H and O–H groups in total. The number of hydrogen-bond donors (Lipinski definition) is 1. The summed E-state index contributed by atoms with van der Waals surface area (Å²) in [5, 5.41) is 9.81. The van der Waals surface area contributed by atoms with Crippen LogP contribution < -0.4 is 0 Å². The van der Waals surface area contributed by atoms with Crippen molar-refractivity contribution in [1.82, 2.24) is 0 Å². The lowest BCUT2D eigenvalue weighted by atomic mass is 9.70. The minimum absolute atomic E-state index is 0.129. The van der Waals surface area contributed by atoms with Crippen LogP contribution in [0.2, 0.25) is 0 Å². The highest BCUT2D eigenvalue weighted by Gasteiger charge is 2.34. The number of carbonyl (C=O) groups is 1. The Balaban J connectivity index is 2.49. The molecular formula is C14H26O3. The standard InChI is InChI=1S/C14H26O3/c1-13(2,3)17-12(16)7-10-6-11(15)9-14(4,5)8-10/h10-11,15H,6-9H2,1-5H3/t10-,11+/m1/s1. The fourth-order valence-corrected chi connectivity index (χ4v) is 2.83. The Morgan fingerprint density at radius 1 is 1.35 bits per heavy atom. The third-order valence-electron chi connectivity index (χ3n) is 3.11. The molecule has 100 valence electrons. The highest BCUT2D eigenvalue weighted by atomic mass is 16.6. The number of rotatable bonds is 2. The van der Waals surface area contributed by atoms with Gasteiger partial charge in [0.05, 0.1) is 6.10 Å². The lowest BCUT2D eigenvalue weighted by Gasteiger charge is -2.38. The zero-order chi connectivity index (χ0) is 13.3. The minimum Gasteiger partial charge on any atom is -0.460 e. The van der Waals surface area contributed by atoms with E-state index in [1.807, 2.05) is 20.8 Å². The number of carbonyl (C=O) groups excluding carboxylic acids is 1. The second-order valence-corrected chi connectivity index (χ2v) is 7.12. The smallest absolute Gasteiger partial charge is 0.306 e. The fraction of sp³-hybridized carbons (Fsp3) is 0.929. The summed E-state index contributed by atoms with van der Waals surface area (Å²) in [5.41, 5.74) is -0.287. The molecule has 0 aliphatic heterocycles. The molecule has 0 heterocycles. The zero-order valence-corrected chi connectivity index (χ0v) is 11.7. The van der Waals surface area contributed by atoms with E-state index in [4.69, 9.17) is 4.74 Å². The first-order valence-electron chi connectivity index (χ1n) is 6.47. The molecule has 1 aliphatic rings. The molecular weight excluding hydrogens is 216 g/mol. The van der Waals surface area contributed by atoms with Crippen LogP contribution in [0.25, 0.3) is 0 Å². The van der Waals surface area contributed by atoms with Crippen LogP contribution in [0.3, 0.4) is 0 Å². The normalized spacial score (nSPS) is 28.8. The first-order chi connectivity index (χ1) is 7.57. The molecule has 0 saturated heterocycles. The minimum atomic E-state index is -0.417. The van der Waals surface area contributed by atoms with E-state index < -0.39 is 5.60 Å². The van der Waals surface area contributed by atoms with Gasteiger partial charge in [-0.25, -0.2) is 0 Å². The first kappa shape index (κ1) is 14.5. The molecule has 3 nitrogen and oxygen atoms in total. The van der Waals surface area contributed by atoms with Gasteiger partial charge in [0.1, 0.15) is 5.60 Å². The van der Waals surface area contributed by atoms with Crippen molar-refractivity contribution in [2.75, 3.05) is 0 Å². The molecule has 1 aliphatic carbocycles. The molecule has 3 heteroatoms. The Labute approximate surface area is 105 Å². The zero-order valence-electron chi connectivity index (χ0n) is 11.7. The Morgan fingerprint density at radius 3 is 2.41 bits per heavy atom. The maximum atomic E-state index is 11.7. The van der Waals surface area contributed by atoms with Gasteiger partial charge in [-0.2, -0.15) is 0 Å².